The van der Waals surface area contributed by atoms with Crippen LogP contribution in [0, 0.1) is 11.8 Å². The van der Waals surface area contributed by atoms with Crippen molar-refractivity contribution < 1.29 is 27.9 Å². The first-order valence-corrected chi connectivity index (χ1v) is 6.09. The molecule has 0 aromatic heterocycles. The van der Waals surface area contributed by atoms with Gasteiger partial charge in [0.1, 0.15) is 0 Å². The maximum absolute atomic E-state index is 12.7. The van der Waals surface area contributed by atoms with Gasteiger partial charge in [0.15, 0.2) is 0 Å². The van der Waals surface area contributed by atoms with Gasteiger partial charge >= 0.3 is 18.2 Å². The highest BCUT2D eigenvalue weighted by Crippen LogP contribution is 2.37. The quantitative estimate of drug-likeness (QED) is 0.778. The molecule has 2 atom stereocenters. The number of alkyl halides is 3. The van der Waals surface area contributed by atoms with E-state index >= 15 is 0 Å². The smallest absolute Gasteiger partial charge is 0.394 e. The summed E-state index contributed by atoms with van der Waals surface area (Å²) in [6, 6.07) is -0.677. The zero-order valence-electron chi connectivity index (χ0n) is 11.0. The van der Waals surface area contributed by atoms with Crippen LogP contribution in [0.1, 0.15) is 13.3 Å². The molecule has 0 spiro atoms. The van der Waals surface area contributed by atoms with Crippen LogP contribution in [-0.4, -0.2) is 47.8 Å². The monoisotopic (exact) mass is 294 g/mol. The fourth-order valence-corrected chi connectivity index (χ4v) is 2.05. The summed E-state index contributed by atoms with van der Waals surface area (Å²) < 4.78 is 38.2. The molecule has 0 bridgehead atoms. The molecule has 2 amide bonds. The van der Waals surface area contributed by atoms with Gasteiger partial charge in [-0.3, -0.25) is 4.79 Å². The summed E-state index contributed by atoms with van der Waals surface area (Å²) in [6.07, 6.45) is -4.11. The number of carboxylic acid groups (broad SMARTS) is 1. The number of likely N-dealkylation sites (tertiary alicyclic amines) is 1. The highest BCUT2D eigenvalue weighted by molar-refractivity contribution is 5.77. The van der Waals surface area contributed by atoms with Crippen molar-refractivity contribution >= 4 is 12.0 Å². The van der Waals surface area contributed by atoms with E-state index < -0.39 is 43.1 Å². The van der Waals surface area contributed by atoms with Gasteiger partial charge in [0, 0.05) is 19.6 Å². The average molecular weight is 294 g/mol. The third kappa shape index (κ3) is 4.14. The molecule has 0 aromatic carbocycles. The minimum Gasteiger partial charge on any atom is -0.481 e. The van der Waals surface area contributed by atoms with Crippen LogP contribution in [0.4, 0.5) is 18.0 Å². The second kappa shape index (κ2) is 6.15. The predicted octanol–water partition coefficient (Wildman–Crippen LogP) is 1.86. The Balaban J connectivity index is 2.63. The minimum atomic E-state index is -4.63. The number of urea groups is 1. The SMILES string of the molecule is C=C(C)CCNC(=O)N1C[C@@H](C(F)(F)F)[C@H](C(=O)O)C1. The summed E-state index contributed by atoms with van der Waals surface area (Å²) in [6.45, 7) is 4.61. The van der Waals surface area contributed by atoms with Gasteiger partial charge in [-0.05, 0) is 13.3 Å². The summed E-state index contributed by atoms with van der Waals surface area (Å²) in [4.78, 5) is 23.5. The maximum Gasteiger partial charge on any atom is 0.394 e. The standard InChI is InChI=1S/C12H17F3N2O3/c1-7(2)3-4-16-11(20)17-5-8(10(18)19)9(6-17)12(13,14)15/h8-9H,1,3-6H2,2H3,(H,16,20)(H,18,19)/t8-,9-/m1/s1. The van der Waals surface area contributed by atoms with E-state index in [1.165, 1.54) is 0 Å². The Hall–Kier alpha value is -1.73. The van der Waals surface area contributed by atoms with Gasteiger partial charge in [-0.15, -0.1) is 6.58 Å². The van der Waals surface area contributed by atoms with Crippen molar-refractivity contribution in [2.75, 3.05) is 19.6 Å². The Labute approximate surface area is 114 Å². The van der Waals surface area contributed by atoms with Crippen molar-refractivity contribution in [1.29, 1.82) is 0 Å². The molecule has 0 unspecified atom stereocenters. The van der Waals surface area contributed by atoms with Crippen LogP contribution in [0.3, 0.4) is 0 Å². The first kappa shape index (κ1) is 16.3. The predicted molar refractivity (Wildman–Crippen MR) is 65.1 cm³/mol. The van der Waals surface area contributed by atoms with Gasteiger partial charge in [0.05, 0.1) is 11.8 Å². The van der Waals surface area contributed by atoms with E-state index in [1.807, 2.05) is 0 Å². The van der Waals surface area contributed by atoms with Gasteiger partial charge in [0.25, 0.3) is 0 Å². The number of aliphatic carboxylic acids is 1. The van der Waals surface area contributed by atoms with Crippen LogP contribution in [-0.2, 0) is 4.79 Å². The lowest BCUT2D eigenvalue weighted by Gasteiger charge is -2.18. The third-order valence-corrected chi connectivity index (χ3v) is 3.17. The summed E-state index contributed by atoms with van der Waals surface area (Å²) >= 11 is 0. The Morgan fingerprint density at radius 2 is 2.00 bits per heavy atom. The van der Waals surface area contributed by atoms with Crippen molar-refractivity contribution in [2.45, 2.75) is 19.5 Å². The van der Waals surface area contributed by atoms with Crippen molar-refractivity contribution in [3.8, 4) is 0 Å². The number of rotatable bonds is 4. The summed E-state index contributed by atoms with van der Waals surface area (Å²) in [5.41, 5.74) is 0.836. The molecule has 0 radical (unpaired) electrons. The number of carbonyl (C=O) groups excluding carboxylic acids is 1. The zero-order valence-corrected chi connectivity index (χ0v) is 11.0. The molecular formula is C12H17F3N2O3. The number of amides is 2. The molecule has 0 saturated carbocycles. The Bertz CT molecular complexity index is 409. The number of nitrogens with one attached hydrogen (secondary N) is 1. The fourth-order valence-electron chi connectivity index (χ4n) is 2.05. The number of hydrogen-bond acceptors (Lipinski definition) is 2. The van der Waals surface area contributed by atoms with Crippen molar-refractivity contribution in [3.63, 3.8) is 0 Å². The lowest BCUT2D eigenvalue weighted by atomic mass is 9.96. The summed E-state index contributed by atoms with van der Waals surface area (Å²) in [5.74, 6) is -5.17. The van der Waals surface area contributed by atoms with Crippen LogP contribution >= 0.6 is 0 Å². The molecule has 114 valence electrons. The van der Waals surface area contributed by atoms with Crippen LogP contribution in [0.15, 0.2) is 12.2 Å². The van der Waals surface area contributed by atoms with E-state index in [-0.39, 0.29) is 6.54 Å². The normalized spacial score (nSPS) is 22.7. The van der Waals surface area contributed by atoms with E-state index in [1.54, 1.807) is 6.92 Å². The minimum absolute atomic E-state index is 0.263. The molecular weight excluding hydrogens is 277 g/mol. The van der Waals surface area contributed by atoms with E-state index in [0.717, 1.165) is 10.5 Å². The molecule has 0 aliphatic carbocycles. The number of carbonyl (C=O) groups is 2. The van der Waals surface area contributed by atoms with Crippen molar-refractivity contribution in [2.24, 2.45) is 11.8 Å². The van der Waals surface area contributed by atoms with Crippen molar-refractivity contribution in [1.82, 2.24) is 10.2 Å². The summed E-state index contributed by atoms with van der Waals surface area (Å²) in [7, 11) is 0. The lowest BCUT2D eigenvalue weighted by molar-refractivity contribution is -0.187. The highest BCUT2D eigenvalue weighted by atomic mass is 19.4. The number of carboxylic acids is 1. The first-order chi connectivity index (χ1) is 9.12. The molecule has 1 rings (SSSR count). The van der Waals surface area contributed by atoms with Crippen LogP contribution in [0.25, 0.3) is 0 Å². The summed E-state index contributed by atoms with van der Waals surface area (Å²) in [5, 5.41) is 11.3. The Morgan fingerprint density at radius 1 is 1.40 bits per heavy atom. The largest absolute Gasteiger partial charge is 0.481 e. The molecule has 20 heavy (non-hydrogen) atoms. The molecule has 1 heterocycles. The van der Waals surface area contributed by atoms with E-state index in [4.69, 9.17) is 5.11 Å². The van der Waals surface area contributed by atoms with E-state index in [0.29, 0.717) is 6.42 Å². The molecule has 1 saturated heterocycles. The van der Waals surface area contributed by atoms with Crippen LogP contribution in [0.2, 0.25) is 0 Å². The van der Waals surface area contributed by atoms with Crippen LogP contribution < -0.4 is 5.32 Å². The number of hydrogen-bond donors (Lipinski definition) is 2. The molecule has 1 aliphatic heterocycles. The zero-order chi connectivity index (χ0) is 15.5. The second-order valence-electron chi connectivity index (χ2n) is 4.94. The molecule has 1 fully saturated rings. The molecule has 0 aromatic rings. The highest BCUT2D eigenvalue weighted by Gasteiger charge is 2.53. The molecule has 5 nitrogen and oxygen atoms in total. The number of nitrogens with zero attached hydrogens (tertiary/aromatic N) is 1. The van der Waals surface area contributed by atoms with Gasteiger partial charge in [-0.2, -0.15) is 13.2 Å². The van der Waals surface area contributed by atoms with Crippen LogP contribution in [0.5, 0.6) is 0 Å². The molecule has 8 heteroatoms. The fraction of sp³-hybridized carbons (Fsp3) is 0.667. The van der Waals surface area contributed by atoms with E-state index in [9.17, 15) is 22.8 Å². The maximum atomic E-state index is 12.7. The van der Waals surface area contributed by atoms with Gasteiger partial charge < -0.3 is 15.3 Å². The van der Waals surface area contributed by atoms with Gasteiger partial charge in [0.2, 0.25) is 0 Å². The number of halogens is 3. The second-order valence-corrected chi connectivity index (χ2v) is 4.94. The van der Waals surface area contributed by atoms with E-state index in [2.05, 4.69) is 11.9 Å². The molecule has 2 N–H and O–H groups in total. The topological polar surface area (TPSA) is 69.6 Å². The first-order valence-electron chi connectivity index (χ1n) is 6.09. The third-order valence-electron chi connectivity index (χ3n) is 3.17. The lowest BCUT2D eigenvalue weighted by Crippen LogP contribution is -2.40. The molecule has 1 aliphatic rings. The van der Waals surface area contributed by atoms with Gasteiger partial charge in [-0.1, -0.05) is 5.57 Å². The van der Waals surface area contributed by atoms with Gasteiger partial charge in [-0.25, -0.2) is 4.79 Å². The Kier molecular flexibility index (Phi) is 5.02. The van der Waals surface area contributed by atoms with Crippen molar-refractivity contribution in [3.05, 3.63) is 12.2 Å². The Morgan fingerprint density at radius 3 is 2.40 bits per heavy atom. The average Bonchev–Trinajstić information content (AvgIpc) is 2.72.